The number of thiophene rings is 1. The number of hydrogen-bond acceptors (Lipinski definition) is 4. The SMILES string of the molecule is c1ccc2c(c1)cc(N(c1ccc(-c3cccc4sc5ccccc5c34)cc1)c1ccc3c(c1)oc1c3ccc3c4ccccc4oc31)c1ccccc12. The molecular formula is C50H29NO2S. The lowest BCUT2D eigenvalue weighted by atomic mass is 9.97. The van der Waals surface area contributed by atoms with E-state index in [9.17, 15) is 0 Å². The minimum Gasteiger partial charge on any atom is -0.452 e. The minimum absolute atomic E-state index is 0.776. The van der Waals surface area contributed by atoms with Crippen molar-refractivity contribution in [1.82, 2.24) is 0 Å². The molecule has 0 atom stereocenters. The van der Waals surface area contributed by atoms with Crippen molar-refractivity contribution in [1.29, 1.82) is 0 Å². The van der Waals surface area contributed by atoms with Gasteiger partial charge < -0.3 is 13.7 Å². The quantitative estimate of drug-likeness (QED) is 0.171. The predicted molar refractivity (Wildman–Crippen MR) is 229 cm³/mol. The smallest absolute Gasteiger partial charge is 0.178 e. The largest absolute Gasteiger partial charge is 0.452 e. The molecule has 0 spiro atoms. The first-order valence-electron chi connectivity index (χ1n) is 18.2. The molecule has 9 aromatic carbocycles. The molecule has 12 rings (SSSR count). The van der Waals surface area contributed by atoms with Crippen LogP contribution in [0.25, 0.3) is 96.7 Å². The fraction of sp³-hybridized carbons (Fsp3) is 0. The number of rotatable bonds is 4. The second-order valence-electron chi connectivity index (χ2n) is 14.0. The van der Waals surface area contributed by atoms with Crippen LogP contribution in [-0.2, 0) is 0 Å². The summed E-state index contributed by atoms with van der Waals surface area (Å²) in [5.41, 5.74) is 8.88. The Bertz CT molecular complexity index is 3460. The second-order valence-corrected chi connectivity index (χ2v) is 15.1. The molecule has 0 aliphatic rings. The molecule has 4 heteroatoms. The summed E-state index contributed by atoms with van der Waals surface area (Å²) in [5, 5.41) is 11.7. The summed E-state index contributed by atoms with van der Waals surface area (Å²) in [5.74, 6) is 0. The van der Waals surface area contributed by atoms with Crippen molar-refractivity contribution in [3.05, 3.63) is 176 Å². The van der Waals surface area contributed by atoms with E-state index in [0.717, 1.165) is 60.9 Å². The van der Waals surface area contributed by atoms with E-state index in [1.807, 2.05) is 23.5 Å². The normalized spacial score (nSPS) is 12.1. The molecule has 0 amide bonds. The molecule has 0 aliphatic carbocycles. The fourth-order valence-corrected chi connectivity index (χ4v) is 9.73. The molecule has 0 bridgehead atoms. The van der Waals surface area contributed by atoms with Crippen molar-refractivity contribution in [2.75, 3.05) is 4.90 Å². The number of nitrogens with zero attached hydrogens (tertiary/aromatic N) is 1. The molecule has 0 unspecified atom stereocenters. The van der Waals surface area contributed by atoms with E-state index in [2.05, 4.69) is 169 Å². The third-order valence-corrected chi connectivity index (χ3v) is 12.2. The van der Waals surface area contributed by atoms with Gasteiger partial charge in [-0.15, -0.1) is 11.3 Å². The van der Waals surface area contributed by atoms with Gasteiger partial charge in [-0.25, -0.2) is 0 Å². The van der Waals surface area contributed by atoms with Gasteiger partial charge in [0, 0.05) is 64.5 Å². The van der Waals surface area contributed by atoms with E-state index in [-0.39, 0.29) is 0 Å². The van der Waals surface area contributed by atoms with Crippen molar-refractivity contribution in [3.63, 3.8) is 0 Å². The van der Waals surface area contributed by atoms with Gasteiger partial charge in [0.15, 0.2) is 11.2 Å². The van der Waals surface area contributed by atoms with E-state index in [4.69, 9.17) is 8.83 Å². The summed E-state index contributed by atoms with van der Waals surface area (Å²) in [6, 6.07) is 63.2. The van der Waals surface area contributed by atoms with Crippen molar-refractivity contribution >= 4 is 114 Å². The van der Waals surface area contributed by atoms with Crippen LogP contribution in [0.5, 0.6) is 0 Å². The number of furan rings is 2. The number of hydrogen-bond donors (Lipinski definition) is 0. The van der Waals surface area contributed by atoms with Crippen LogP contribution in [0.15, 0.2) is 185 Å². The van der Waals surface area contributed by atoms with Crippen LogP contribution in [0.2, 0.25) is 0 Å². The first-order valence-corrected chi connectivity index (χ1v) is 19.1. The number of benzene rings is 9. The van der Waals surface area contributed by atoms with Crippen LogP contribution in [0.3, 0.4) is 0 Å². The van der Waals surface area contributed by atoms with Crippen LogP contribution >= 0.6 is 11.3 Å². The van der Waals surface area contributed by atoms with E-state index < -0.39 is 0 Å². The maximum absolute atomic E-state index is 6.74. The maximum atomic E-state index is 6.74. The summed E-state index contributed by atoms with van der Waals surface area (Å²) in [4.78, 5) is 2.38. The van der Waals surface area contributed by atoms with Gasteiger partial charge in [-0.1, -0.05) is 109 Å². The molecule has 0 radical (unpaired) electrons. The van der Waals surface area contributed by atoms with Crippen LogP contribution in [-0.4, -0.2) is 0 Å². The topological polar surface area (TPSA) is 29.5 Å². The zero-order valence-corrected chi connectivity index (χ0v) is 29.7. The summed E-state index contributed by atoms with van der Waals surface area (Å²) >= 11 is 1.86. The van der Waals surface area contributed by atoms with Crippen LogP contribution in [0.1, 0.15) is 0 Å². The zero-order valence-electron chi connectivity index (χ0n) is 28.9. The lowest BCUT2D eigenvalue weighted by Gasteiger charge is -2.27. The monoisotopic (exact) mass is 707 g/mol. The van der Waals surface area contributed by atoms with E-state index in [0.29, 0.717) is 0 Å². The Balaban J connectivity index is 1.08. The van der Waals surface area contributed by atoms with Crippen LogP contribution in [0.4, 0.5) is 17.1 Å². The number of anilines is 3. The lowest BCUT2D eigenvalue weighted by Crippen LogP contribution is -2.10. The zero-order chi connectivity index (χ0) is 35.3. The molecular weight excluding hydrogens is 679 g/mol. The number of fused-ring (bicyclic) bond motifs is 13. The Morgan fingerprint density at radius 1 is 0.389 bits per heavy atom. The second kappa shape index (κ2) is 11.3. The summed E-state index contributed by atoms with van der Waals surface area (Å²) < 4.78 is 15.8. The predicted octanol–water partition coefficient (Wildman–Crippen LogP) is 15.3. The maximum Gasteiger partial charge on any atom is 0.178 e. The molecule has 252 valence electrons. The summed E-state index contributed by atoms with van der Waals surface area (Å²) in [6.45, 7) is 0. The highest BCUT2D eigenvalue weighted by Gasteiger charge is 2.21. The molecule has 0 aliphatic heterocycles. The third-order valence-electron chi connectivity index (χ3n) is 11.1. The minimum atomic E-state index is 0.776. The average Bonchev–Trinajstić information content (AvgIpc) is 3.92. The molecule has 3 aromatic heterocycles. The van der Waals surface area contributed by atoms with Gasteiger partial charge in [0.1, 0.15) is 11.2 Å². The van der Waals surface area contributed by atoms with Gasteiger partial charge in [-0.2, -0.15) is 0 Å². The highest BCUT2D eigenvalue weighted by molar-refractivity contribution is 7.25. The van der Waals surface area contributed by atoms with Gasteiger partial charge in [0.25, 0.3) is 0 Å². The average molecular weight is 708 g/mol. The van der Waals surface area contributed by atoms with Gasteiger partial charge in [-0.3, -0.25) is 0 Å². The lowest BCUT2D eigenvalue weighted by molar-refractivity contribution is 0.633. The van der Waals surface area contributed by atoms with Crippen molar-refractivity contribution in [2.45, 2.75) is 0 Å². The fourth-order valence-electron chi connectivity index (χ4n) is 8.60. The van der Waals surface area contributed by atoms with Crippen LogP contribution < -0.4 is 4.90 Å². The standard InChI is InChI=1S/C50H29NO2S/c1-2-11-34-31(10-1)28-43(37-13-4-3-12-36(34)37)51(32-22-20-30(21-23-32)35-16-9-19-47-48(35)42-15-6-8-18-46(42)54-47)33-24-25-39-41-27-26-40-38-14-5-7-17-44(38)52-49(40)50(41)53-45(39)29-33/h1-29H. The first-order chi connectivity index (χ1) is 26.8. The van der Waals surface area contributed by atoms with E-state index in [1.165, 1.54) is 52.8 Å². The molecule has 0 fully saturated rings. The van der Waals surface area contributed by atoms with Gasteiger partial charge >= 0.3 is 0 Å². The summed E-state index contributed by atoms with van der Waals surface area (Å²) in [6.07, 6.45) is 0. The molecule has 0 saturated heterocycles. The highest BCUT2D eigenvalue weighted by atomic mass is 32.1. The Labute approximate surface area is 313 Å². The molecule has 3 nitrogen and oxygen atoms in total. The van der Waals surface area contributed by atoms with Crippen molar-refractivity contribution < 1.29 is 8.83 Å². The first kappa shape index (κ1) is 29.7. The Hall–Kier alpha value is -6.88. The van der Waals surface area contributed by atoms with Crippen LogP contribution in [0, 0.1) is 0 Å². The molecule has 12 aromatic rings. The molecule has 0 saturated carbocycles. The molecule has 3 heterocycles. The van der Waals surface area contributed by atoms with Crippen molar-refractivity contribution in [3.8, 4) is 11.1 Å². The Morgan fingerprint density at radius 2 is 1.00 bits per heavy atom. The Morgan fingerprint density at radius 3 is 1.83 bits per heavy atom. The van der Waals surface area contributed by atoms with Gasteiger partial charge in [0.05, 0.1) is 5.69 Å². The van der Waals surface area contributed by atoms with Crippen molar-refractivity contribution in [2.24, 2.45) is 0 Å². The molecule has 54 heavy (non-hydrogen) atoms. The highest BCUT2D eigenvalue weighted by Crippen LogP contribution is 2.46. The summed E-state index contributed by atoms with van der Waals surface area (Å²) in [7, 11) is 0. The van der Waals surface area contributed by atoms with E-state index in [1.54, 1.807) is 0 Å². The van der Waals surface area contributed by atoms with Gasteiger partial charge in [0.2, 0.25) is 0 Å². The van der Waals surface area contributed by atoms with E-state index >= 15 is 0 Å². The molecule has 0 N–H and O–H groups in total. The van der Waals surface area contributed by atoms with Gasteiger partial charge in [-0.05, 0) is 87.9 Å². The number of para-hydroxylation sites is 1. The third kappa shape index (κ3) is 4.29. The Kier molecular flexibility index (Phi) is 6.21.